The van der Waals surface area contributed by atoms with Crippen molar-refractivity contribution in [3.05, 3.63) is 93.6 Å². The van der Waals surface area contributed by atoms with Crippen LogP contribution in [0.25, 0.3) is 16.7 Å². The molecule has 14 heteroatoms. The Bertz CT molecular complexity index is 1820. The molecule has 0 bridgehead atoms. The third-order valence-corrected chi connectivity index (χ3v) is 5.85. The molecule has 0 unspecified atom stereocenters. The highest BCUT2D eigenvalue weighted by Crippen LogP contribution is 2.22. The van der Waals surface area contributed by atoms with Gasteiger partial charge in [-0.15, -0.1) is 0 Å². The molecule has 0 aliphatic heterocycles. The van der Waals surface area contributed by atoms with Crippen LogP contribution in [0.2, 0.25) is 0 Å². The van der Waals surface area contributed by atoms with Crippen molar-refractivity contribution in [2.45, 2.75) is 26.1 Å². The van der Waals surface area contributed by atoms with Crippen molar-refractivity contribution in [3.63, 3.8) is 0 Å². The highest BCUT2D eigenvalue weighted by atomic mass is 19.3. The van der Waals surface area contributed by atoms with Gasteiger partial charge in [0.1, 0.15) is 17.1 Å². The number of hydrogen-bond donors (Lipinski definition) is 2. The van der Waals surface area contributed by atoms with Crippen LogP contribution in [0.3, 0.4) is 0 Å². The van der Waals surface area contributed by atoms with E-state index in [1.807, 2.05) is 0 Å². The van der Waals surface area contributed by atoms with Gasteiger partial charge >= 0.3 is 11.9 Å². The number of oxazole rings is 1. The van der Waals surface area contributed by atoms with Crippen LogP contribution >= 0.6 is 0 Å². The van der Waals surface area contributed by atoms with E-state index in [9.17, 15) is 27.6 Å². The van der Waals surface area contributed by atoms with Crippen LogP contribution in [0.5, 0.6) is 5.75 Å². The average molecular weight is 554 g/mol. The fourth-order valence-corrected chi connectivity index (χ4v) is 3.97. The summed E-state index contributed by atoms with van der Waals surface area (Å²) >= 11 is 0. The Balaban J connectivity index is 1.34. The Morgan fingerprint density at radius 3 is 2.52 bits per heavy atom. The number of fused-ring (bicyclic) bond motifs is 2. The molecule has 0 aliphatic rings. The van der Waals surface area contributed by atoms with E-state index in [1.54, 1.807) is 31.3 Å². The summed E-state index contributed by atoms with van der Waals surface area (Å²) in [7, 11) is 1.55. The van der Waals surface area contributed by atoms with E-state index in [4.69, 9.17) is 4.42 Å². The van der Waals surface area contributed by atoms with Crippen LogP contribution in [0.15, 0.2) is 63.9 Å². The number of alkyl halides is 2. The molecule has 0 fully saturated rings. The van der Waals surface area contributed by atoms with Gasteiger partial charge in [-0.3, -0.25) is 14.2 Å². The van der Waals surface area contributed by atoms with Crippen molar-refractivity contribution in [2.75, 3.05) is 0 Å². The molecule has 0 radical (unpaired) electrons. The van der Waals surface area contributed by atoms with Gasteiger partial charge in [-0.1, -0.05) is 18.2 Å². The molecular weight excluding hydrogens is 533 g/mol. The Labute approximate surface area is 223 Å². The van der Waals surface area contributed by atoms with Crippen molar-refractivity contribution in [2.24, 2.45) is 7.05 Å². The molecule has 40 heavy (non-hydrogen) atoms. The summed E-state index contributed by atoms with van der Waals surface area (Å²) in [6, 6.07) is 11.9. The van der Waals surface area contributed by atoms with Crippen LogP contribution < -0.4 is 21.1 Å². The van der Waals surface area contributed by atoms with Gasteiger partial charge in [0.05, 0.1) is 11.7 Å². The van der Waals surface area contributed by atoms with E-state index in [0.29, 0.717) is 29.2 Å². The van der Waals surface area contributed by atoms with E-state index in [2.05, 4.69) is 25.5 Å². The minimum Gasteiger partial charge on any atom is -0.433 e. The lowest BCUT2D eigenvalue weighted by Gasteiger charge is -2.14. The van der Waals surface area contributed by atoms with Crippen molar-refractivity contribution in [1.82, 2.24) is 29.8 Å². The highest BCUT2D eigenvalue weighted by Gasteiger charge is 2.23. The number of aryl methyl sites for hydroxylation is 1. The zero-order valence-corrected chi connectivity index (χ0v) is 21.1. The second kappa shape index (κ2) is 10.2. The Morgan fingerprint density at radius 2 is 1.77 bits per heavy atom. The van der Waals surface area contributed by atoms with E-state index >= 15 is 0 Å². The third kappa shape index (κ3) is 5.50. The van der Waals surface area contributed by atoms with Crippen molar-refractivity contribution >= 4 is 28.6 Å². The standard InChI is InChI=1S/C26H21F3N6O5/c1-26(28,29)40-16-5-3-4-14(8-16)11-31-24(37)20-10-18(33-22-17(27)13-32-35(20)22)23(36)30-12-15-6-7-21-19(9-15)34(2)25(38)39-21/h3-10,13H,11-12H2,1-2H3,(H,30,36)(H,31,37). The molecule has 0 atom stereocenters. The van der Waals surface area contributed by atoms with Crippen LogP contribution in [0.4, 0.5) is 13.2 Å². The molecule has 0 aliphatic carbocycles. The number of benzene rings is 2. The number of amides is 2. The first-order chi connectivity index (χ1) is 19.0. The molecule has 206 valence electrons. The second-order valence-corrected chi connectivity index (χ2v) is 8.91. The van der Waals surface area contributed by atoms with Crippen molar-refractivity contribution < 1.29 is 31.9 Å². The summed E-state index contributed by atoms with van der Waals surface area (Å²) in [5, 5.41) is 9.07. The lowest BCUT2D eigenvalue weighted by molar-refractivity contribution is -0.159. The van der Waals surface area contributed by atoms with Crippen LogP contribution in [0.1, 0.15) is 39.0 Å². The predicted molar refractivity (Wildman–Crippen MR) is 134 cm³/mol. The number of carbonyl (C=O) groups is 2. The topological polar surface area (TPSA) is 133 Å². The normalized spacial score (nSPS) is 11.6. The minimum absolute atomic E-state index is 0.0412. The smallest absolute Gasteiger partial charge is 0.419 e. The molecule has 2 aromatic carbocycles. The van der Waals surface area contributed by atoms with Gasteiger partial charge in [0.2, 0.25) is 0 Å². The Kier molecular flexibility index (Phi) is 6.75. The molecule has 2 amide bonds. The minimum atomic E-state index is -3.38. The number of halogens is 3. The first-order valence-corrected chi connectivity index (χ1v) is 11.8. The van der Waals surface area contributed by atoms with Gasteiger partial charge in [-0.05, 0) is 35.4 Å². The number of nitrogens with zero attached hydrogens (tertiary/aromatic N) is 4. The number of aromatic nitrogens is 4. The predicted octanol–water partition coefficient (Wildman–Crippen LogP) is 3.16. The van der Waals surface area contributed by atoms with Gasteiger partial charge in [-0.25, -0.2) is 18.7 Å². The Morgan fingerprint density at radius 1 is 1.05 bits per heavy atom. The third-order valence-electron chi connectivity index (χ3n) is 5.85. The summed E-state index contributed by atoms with van der Waals surface area (Å²) in [6.07, 6.45) is -2.52. The summed E-state index contributed by atoms with van der Waals surface area (Å²) in [5.41, 5.74) is 1.28. The zero-order chi connectivity index (χ0) is 28.6. The highest BCUT2D eigenvalue weighted by molar-refractivity contribution is 5.98. The molecule has 3 aromatic heterocycles. The molecule has 5 aromatic rings. The van der Waals surface area contributed by atoms with Crippen LogP contribution in [-0.4, -0.2) is 37.1 Å². The Hall–Kier alpha value is -5.14. The first-order valence-electron chi connectivity index (χ1n) is 11.8. The SMILES string of the molecule is Cn1c(=O)oc2ccc(CNC(=O)c3cc(C(=O)NCc4cccc(OC(C)(F)F)c4)n4ncc(F)c4n3)cc21. The van der Waals surface area contributed by atoms with Gasteiger partial charge < -0.3 is 19.8 Å². The summed E-state index contributed by atoms with van der Waals surface area (Å²) < 4.78 is 52.6. The molecule has 0 spiro atoms. The number of carbonyl (C=O) groups excluding carboxylic acids is 2. The summed E-state index contributed by atoms with van der Waals surface area (Å²) in [6.45, 7) is 0.563. The second-order valence-electron chi connectivity index (χ2n) is 8.91. The molecule has 0 saturated heterocycles. The van der Waals surface area contributed by atoms with Crippen molar-refractivity contribution in [1.29, 1.82) is 0 Å². The van der Waals surface area contributed by atoms with E-state index in [1.165, 1.54) is 22.8 Å². The quantitative estimate of drug-likeness (QED) is 0.301. The fourth-order valence-electron chi connectivity index (χ4n) is 3.97. The van der Waals surface area contributed by atoms with Gasteiger partial charge in [0.15, 0.2) is 17.0 Å². The summed E-state index contributed by atoms with van der Waals surface area (Å²) in [4.78, 5) is 41.7. The van der Waals surface area contributed by atoms with E-state index < -0.39 is 29.5 Å². The number of nitrogens with one attached hydrogen (secondary N) is 2. The monoisotopic (exact) mass is 554 g/mol. The maximum Gasteiger partial charge on any atom is 0.419 e. The molecule has 3 heterocycles. The molecule has 2 N–H and O–H groups in total. The van der Waals surface area contributed by atoms with Crippen LogP contribution in [-0.2, 0) is 20.1 Å². The zero-order valence-electron chi connectivity index (χ0n) is 21.1. The number of ether oxygens (including phenoxy) is 1. The lowest BCUT2D eigenvalue weighted by Crippen LogP contribution is -2.28. The maximum absolute atomic E-state index is 14.4. The maximum atomic E-state index is 14.4. The average Bonchev–Trinajstić information content (AvgIpc) is 3.42. The number of rotatable bonds is 8. The van der Waals surface area contributed by atoms with E-state index in [-0.39, 0.29) is 35.9 Å². The lowest BCUT2D eigenvalue weighted by atomic mass is 10.2. The summed E-state index contributed by atoms with van der Waals surface area (Å²) in [5.74, 6) is -2.87. The van der Waals surface area contributed by atoms with E-state index in [0.717, 1.165) is 16.8 Å². The van der Waals surface area contributed by atoms with Gasteiger partial charge in [0, 0.05) is 33.1 Å². The van der Waals surface area contributed by atoms with Crippen LogP contribution in [0, 0.1) is 5.82 Å². The van der Waals surface area contributed by atoms with Crippen molar-refractivity contribution in [3.8, 4) is 5.75 Å². The van der Waals surface area contributed by atoms with Gasteiger partial charge in [0.25, 0.3) is 11.8 Å². The molecule has 0 saturated carbocycles. The molecule has 11 nitrogen and oxygen atoms in total. The molecular formula is C26H21F3N6O5. The van der Waals surface area contributed by atoms with Gasteiger partial charge in [-0.2, -0.15) is 13.9 Å². The first kappa shape index (κ1) is 26.5. The molecule has 5 rings (SSSR count). The largest absolute Gasteiger partial charge is 0.433 e. The fraction of sp³-hybridized carbons (Fsp3) is 0.192. The number of hydrogen-bond acceptors (Lipinski definition) is 7.